The summed E-state index contributed by atoms with van der Waals surface area (Å²) in [6.45, 7) is 6.99. The van der Waals surface area contributed by atoms with E-state index in [2.05, 4.69) is 22.6 Å². The summed E-state index contributed by atoms with van der Waals surface area (Å²) in [4.78, 5) is 0. The molecule has 0 aliphatic heterocycles. The smallest absolute Gasteiger partial charge is 0.236 e. The van der Waals surface area contributed by atoms with Gasteiger partial charge in [-0.2, -0.15) is 48.5 Å². The maximum absolute atomic E-state index is 13.2. The Hall–Kier alpha value is -3.13. The second-order valence-corrected chi connectivity index (χ2v) is 13.1. The number of nitrogens with one attached hydrogen (secondary N) is 2. The van der Waals surface area contributed by atoms with E-state index in [0.29, 0.717) is 12.8 Å². The first-order chi connectivity index (χ1) is 21.9. The molecule has 0 amide bonds. The number of hydrogen-bond donors (Lipinski definition) is 2. The minimum Gasteiger partial charge on any atom is -0.236 e. The van der Waals surface area contributed by atoms with Crippen LogP contribution in [0.3, 0.4) is 0 Å². The molecule has 0 spiro atoms. The fourth-order valence-electron chi connectivity index (χ4n) is 3.28. The van der Waals surface area contributed by atoms with Crippen molar-refractivity contribution in [1.29, 1.82) is 0 Å². The van der Waals surface area contributed by atoms with Crippen molar-refractivity contribution >= 4 is 20.0 Å². The summed E-state index contributed by atoms with van der Waals surface area (Å²) >= 11 is 0. The summed E-state index contributed by atoms with van der Waals surface area (Å²) in [5, 5.41) is 0. The van der Waals surface area contributed by atoms with Gasteiger partial charge in [0.25, 0.3) is 0 Å². The normalized spacial score (nSPS) is 10.5. The Morgan fingerprint density at radius 1 is 0.638 bits per heavy atom. The van der Waals surface area contributed by atoms with Crippen LogP contribution in [0.1, 0.15) is 24.0 Å². The number of sulfonamides is 2. The summed E-state index contributed by atoms with van der Waals surface area (Å²) in [6.07, 6.45) is 4.02. The van der Waals surface area contributed by atoms with Gasteiger partial charge in [0.2, 0.25) is 20.0 Å². The molecule has 0 unspecified atom stereocenters. The summed E-state index contributed by atoms with van der Waals surface area (Å²) in [7, 11) is -6.73. The summed E-state index contributed by atoms with van der Waals surface area (Å²) in [5.41, 5.74) is 0.450. The molecule has 6 nitrogen and oxygen atoms in total. The minimum absolute atomic E-state index is 0. The van der Waals surface area contributed by atoms with E-state index >= 15 is 0 Å². The Kier molecular flexibility index (Phi) is 23.3. The van der Waals surface area contributed by atoms with Crippen molar-refractivity contribution in [3.8, 4) is 0 Å². The maximum Gasteiger partial charge on any atom is 4.00 e. The van der Waals surface area contributed by atoms with Gasteiger partial charge in [-0.25, -0.2) is 68.1 Å². The molecule has 0 atom stereocenters. The van der Waals surface area contributed by atoms with Crippen molar-refractivity contribution in [2.75, 3.05) is 24.6 Å². The third kappa shape index (κ3) is 22.1. The number of benzene rings is 2. The number of allylic oxidation sites excluding steroid dienone is 2. The monoisotopic (exact) mass is 726 g/mol. The number of hydrogen-bond acceptors (Lipinski definition) is 4. The Morgan fingerprint density at radius 3 is 1.23 bits per heavy atom. The van der Waals surface area contributed by atoms with E-state index in [1.165, 1.54) is 24.3 Å². The van der Waals surface area contributed by atoms with Gasteiger partial charge in [0.1, 0.15) is 0 Å². The van der Waals surface area contributed by atoms with Gasteiger partial charge in [-0.15, -0.1) is 48.6 Å². The number of rotatable bonds is 14. The van der Waals surface area contributed by atoms with Crippen molar-refractivity contribution in [2.45, 2.75) is 25.7 Å². The Morgan fingerprint density at radius 2 is 0.979 bits per heavy atom. The molecule has 4 rings (SSSR count). The molecular weight excluding hydrogens is 688 g/mol. The molecule has 47 heavy (non-hydrogen) atoms. The van der Waals surface area contributed by atoms with E-state index in [1.54, 1.807) is 0 Å². The van der Waals surface area contributed by atoms with E-state index in [-0.39, 0.29) is 70.3 Å². The molecule has 0 saturated heterocycles. The van der Waals surface area contributed by atoms with Crippen molar-refractivity contribution in [3.63, 3.8) is 0 Å². The second-order valence-electron chi connectivity index (χ2n) is 9.30. The van der Waals surface area contributed by atoms with E-state index in [9.17, 15) is 34.4 Å². The third-order valence-electron chi connectivity index (χ3n) is 5.61. The molecule has 0 bridgehead atoms. The summed E-state index contributed by atoms with van der Waals surface area (Å²) in [6, 6.07) is 28.5. The van der Waals surface area contributed by atoms with Gasteiger partial charge in [-0.3, -0.25) is 0 Å². The van der Waals surface area contributed by atoms with Gasteiger partial charge in [0, 0.05) is 36.4 Å². The van der Waals surface area contributed by atoms with Crippen LogP contribution in [0.25, 0.3) is 0 Å². The predicted molar refractivity (Wildman–Crippen MR) is 175 cm³/mol. The zero-order valence-electron chi connectivity index (χ0n) is 25.8. The number of halogens is 4. The summed E-state index contributed by atoms with van der Waals surface area (Å²) in [5.74, 6) is -3.23. The molecule has 0 aromatic heterocycles. The predicted octanol–water partition coefficient (Wildman–Crippen LogP) is 6.41. The van der Waals surface area contributed by atoms with E-state index in [4.69, 9.17) is 0 Å². The van der Waals surface area contributed by atoms with E-state index < -0.39 is 43.3 Å². The summed E-state index contributed by atoms with van der Waals surface area (Å²) < 4.78 is 102. The van der Waals surface area contributed by atoms with Gasteiger partial charge in [0.15, 0.2) is 0 Å². The topological polar surface area (TPSA) is 92.3 Å². The van der Waals surface area contributed by atoms with Gasteiger partial charge < -0.3 is 0 Å². The van der Waals surface area contributed by atoms with Gasteiger partial charge in [0.05, 0.1) is 11.5 Å². The molecular formula is C34H38F4N2O4S2Ti. The van der Waals surface area contributed by atoms with Gasteiger partial charge in [-0.1, -0.05) is 25.0 Å². The van der Waals surface area contributed by atoms with Crippen LogP contribution in [0.4, 0.5) is 17.6 Å². The molecule has 13 heteroatoms. The maximum atomic E-state index is 13.2. The van der Waals surface area contributed by atoms with E-state index in [0.717, 1.165) is 12.1 Å². The van der Waals surface area contributed by atoms with Crippen molar-refractivity contribution in [1.82, 2.24) is 9.44 Å². The van der Waals surface area contributed by atoms with E-state index in [1.807, 2.05) is 72.8 Å². The van der Waals surface area contributed by atoms with Crippen LogP contribution in [0.15, 0.2) is 110 Å². The van der Waals surface area contributed by atoms with Gasteiger partial charge >= 0.3 is 21.7 Å². The average Bonchev–Trinajstić information content (AvgIpc) is 3.78. The Labute approximate surface area is 291 Å². The van der Waals surface area contributed by atoms with Crippen molar-refractivity contribution in [3.05, 3.63) is 157 Å². The molecule has 0 fully saturated rings. The van der Waals surface area contributed by atoms with Crippen LogP contribution in [-0.2, 0) is 54.6 Å². The average molecular weight is 727 g/mol. The van der Waals surface area contributed by atoms with Crippen LogP contribution < -0.4 is 9.44 Å². The first kappa shape index (κ1) is 43.9. The van der Waals surface area contributed by atoms with Crippen LogP contribution >= 0.6 is 0 Å². The molecule has 0 saturated carbocycles. The minimum atomic E-state index is -3.36. The largest absolute Gasteiger partial charge is 4.00 e. The SMILES string of the molecule is C=CCCS(=O)(=O)NCCc1ccc(F)[c-]c1F.C=CCCS(=O)(=O)NCCc1ccc(F)[c-]c1F.[Ti+4].c1cc[cH-]c1.c1cc[cH-]c1. The fourth-order valence-corrected chi connectivity index (χ4v) is 5.35. The van der Waals surface area contributed by atoms with Crippen LogP contribution in [-0.4, -0.2) is 41.4 Å². The second kappa shape index (κ2) is 25.0. The Balaban J connectivity index is 0.000000681. The van der Waals surface area contributed by atoms with Crippen molar-refractivity contribution < 1.29 is 56.1 Å². The molecule has 0 aliphatic carbocycles. The third-order valence-corrected chi connectivity index (χ3v) is 8.44. The standard InChI is InChI=1S/2C12H14F2NO2S.2C5H5.Ti/c2*1-2-3-8-18(16,17)15-7-6-10-4-5-11(13)9-12(10)14;2*1-2-4-5-3-1;/h2*2,4-5,15H,1,3,6-8H2;2*1-5H;/q4*-1;+4. The molecule has 4 aromatic carbocycles. The molecule has 0 aliphatic rings. The zero-order chi connectivity index (χ0) is 34.3. The Bertz CT molecular complexity index is 1460. The van der Waals surface area contributed by atoms with Crippen molar-refractivity contribution in [2.24, 2.45) is 0 Å². The van der Waals surface area contributed by atoms with Crippen LogP contribution in [0, 0.1) is 35.4 Å². The zero-order valence-corrected chi connectivity index (χ0v) is 29.0. The quantitative estimate of drug-likeness (QED) is 0.0680. The first-order valence-electron chi connectivity index (χ1n) is 14.1. The molecule has 0 radical (unpaired) electrons. The molecule has 252 valence electrons. The molecule has 4 aromatic rings. The van der Waals surface area contributed by atoms with Gasteiger partial charge in [-0.05, 0) is 12.8 Å². The molecule has 0 heterocycles. The van der Waals surface area contributed by atoms with Crippen LogP contribution in [0.2, 0.25) is 0 Å². The molecule has 2 N–H and O–H groups in total. The fraction of sp³-hybridized carbons (Fsp3) is 0.235. The van der Waals surface area contributed by atoms with Crippen LogP contribution in [0.5, 0.6) is 0 Å². The first-order valence-corrected chi connectivity index (χ1v) is 17.4.